The summed E-state index contributed by atoms with van der Waals surface area (Å²) in [7, 11) is 1.55. The molecular weight excluding hydrogens is 453 g/mol. The first-order chi connectivity index (χ1) is 16.2. The minimum atomic E-state index is -4.33. The molecule has 1 aromatic carbocycles. The van der Waals surface area contributed by atoms with Crippen molar-refractivity contribution in [3.8, 4) is 11.6 Å². The van der Waals surface area contributed by atoms with Gasteiger partial charge >= 0.3 is 6.18 Å². The van der Waals surface area contributed by atoms with Crippen LogP contribution in [0.25, 0.3) is 11.0 Å². The van der Waals surface area contributed by atoms with Crippen molar-refractivity contribution < 1.29 is 27.1 Å². The Morgan fingerprint density at radius 3 is 2.68 bits per heavy atom. The van der Waals surface area contributed by atoms with Gasteiger partial charge in [0.2, 0.25) is 11.8 Å². The maximum atomic E-state index is 12.3. The highest BCUT2D eigenvalue weighted by atomic mass is 19.4. The number of hydrogen-bond acceptors (Lipinski definition) is 8. The fourth-order valence-corrected chi connectivity index (χ4v) is 3.14. The largest absolute Gasteiger partial charge is 0.460 e. The number of anilines is 3. The number of aromatic nitrogens is 3. The molecule has 9 nitrogen and oxygen atoms in total. The van der Waals surface area contributed by atoms with Gasteiger partial charge in [0.25, 0.3) is 5.91 Å². The Balaban J connectivity index is 1.45. The molecule has 0 radical (unpaired) electrons. The molecule has 3 heterocycles. The second-order valence-electron chi connectivity index (χ2n) is 7.12. The molecule has 0 saturated heterocycles. The lowest BCUT2D eigenvalue weighted by Gasteiger charge is -2.10. The van der Waals surface area contributed by atoms with Gasteiger partial charge in [0.15, 0.2) is 0 Å². The lowest BCUT2D eigenvalue weighted by Crippen LogP contribution is -2.21. The number of ether oxygens (including phenoxy) is 1. The van der Waals surface area contributed by atoms with Crippen molar-refractivity contribution in [3.05, 3.63) is 60.1 Å². The van der Waals surface area contributed by atoms with Crippen molar-refractivity contribution in [1.29, 1.82) is 0 Å². The molecule has 3 aromatic heterocycles. The van der Waals surface area contributed by atoms with Crippen LogP contribution in [0.15, 0.2) is 53.2 Å². The Kier molecular flexibility index (Phi) is 6.21. The smallest absolute Gasteiger partial charge is 0.405 e. The first kappa shape index (κ1) is 22.8. The van der Waals surface area contributed by atoms with Crippen LogP contribution in [-0.2, 0) is 0 Å². The van der Waals surface area contributed by atoms with E-state index in [2.05, 4.69) is 30.9 Å². The average molecular weight is 472 g/mol. The van der Waals surface area contributed by atoms with E-state index in [9.17, 15) is 18.0 Å². The van der Waals surface area contributed by atoms with Gasteiger partial charge in [-0.05, 0) is 31.2 Å². The molecule has 4 rings (SSSR count). The van der Waals surface area contributed by atoms with Crippen LogP contribution in [0.3, 0.4) is 0 Å². The standard InChI is InChI=1S/C22H19F3N6O3/c1-12-19(20(32)26-2)15-5-4-14(9-16(15)33-12)34-18-7-8-27-21(31-18)30-13-3-6-17(28-10-13)29-11-22(23,24)25/h3-10H,11H2,1-2H3,(H,26,32)(H,28,29)(H,27,30,31). The maximum absolute atomic E-state index is 12.3. The number of pyridine rings is 1. The number of carbonyl (C=O) groups is 1. The second-order valence-corrected chi connectivity index (χ2v) is 7.12. The van der Waals surface area contributed by atoms with Crippen LogP contribution in [0.1, 0.15) is 16.1 Å². The van der Waals surface area contributed by atoms with Gasteiger partial charge in [-0.25, -0.2) is 9.97 Å². The third-order valence-corrected chi connectivity index (χ3v) is 4.63. The molecule has 0 unspecified atom stereocenters. The van der Waals surface area contributed by atoms with Crippen molar-refractivity contribution in [2.24, 2.45) is 0 Å². The number of rotatable bonds is 7. The fourth-order valence-electron chi connectivity index (χ4n) is 3.14. The van der Waals surface area contributed by atoms with E-state index in [1.807, 2.05) is 0 Å². The van der Waals surface area contributed by atoms with E-state index in [0.29, 0.717) is 33.7 Å². The fraction of sp³-hybridized carbons (Fsp3) is 0.182. The minimum absolute atomic E-state index is 0.0870. The summed E-state index contributed by atoms with van der Waals surface area (Å²) in [6, 6.07) is 9.57. The van der Waals surface area contributed by atoms with Crippen LogP contribution in [0.5, 0.6) is 11.6 Å². The molecule has 4 aromatic rings. The molecule has 1 amide bonds. The zero-order chi connectivity index (χ0) is 24.3. The number of alkyl halides is 3. The molecule has 0 saturated carbocycles. The molecule has 34 heavy (non-hydrogen) atoms. The Morgan fingerprint density at radius 2 is 1.97 bits per heavy atom. The number of aryl methyl sites for hydroxylation is 1. The average Bonchev–Trinajstić information content (AvgIpc) is 3.13. The zero-order valence-electron chi connectivity index (χ0n) is 18.0. The van der Waals surface area contributed by atoms with E-state index in [-0.39, 0.29) is 23.6 Å². The topological polar surface area (TPSA) is 114 Å². The van der Waals surface area contributed by atoms with Gasteiger partial charge in [-0.1, -0.05) is 0 Å². The molecule has 0 fully saturated rings. The first-order valence-electron chi connectivity index (χ1n) is 10.0. The van der Waals surface area contributed by atoms with Crippen molar-refractivity contribution in [1.82, 2.24) is 20.3 Å². The minimum Gasteiger partial charge on any atom is -0.460 e. The lowest BCUT2D eigenvalue weighted by atomic mass is 10.1. The van der Waals surface area contributed by atoms with Gasteiger partial charge in [-0.3, -0.25) is 4.79 Å². The highest BCUT2D eigenvalue weighted by Crippen LogP contribution is 2.30. The number of hydrogen-bond donors (Lipinski definition) is 3. The Labute approximate surface area is 191 Å². The lowest BCUT2D eigenvalue weighted by molar-refractivity contribution is -0.115. The molecule has 0 atom stereocenters. The van der Waals surface area contributed by atoms with Gasteiger partial charge in [0.1, 0.15) is 29.5 Å². The zero-order valence-corrected chi connectivity index (χ0v) is 18.0. The molecule has 0 spiro atoms. The normalized spacial score (nSPS) is 11.3. The number of halogens is 3. The molecule has 0 aliphatic rings. The first-order valence-corrected chi connectivity index (χ1v) is 10.0. The number of carbonyl (C=O) groups excluding carboxylic acids is 1. The Bertz CT molecular complexity index is 1320. The van der Waals surface area contributed by atoms with Crippen molar-refractivity contribution >= 4 is 34.3 Å². The summed E-state index contributed by atoms with van der Waals surface area (Å²) < 4.78 is 48.4. The van der Waals surface area contributed by atoms with E-state index in [0.717, 1.165) is 0 Å². The maximum Gasteiger partial charge on any atom is 0.405 e. The monoisotopic (exact) mass is 472 g/mol. The van der Waals surface area contributed by atoms with Gasteiger partial charge in [-0.15, -0.1) is 0 Å². The summed E-state index contributed by atoms with van der Waals surface area (Å²) >= 11 is 0. The summed E-state index contributed by atoms with van der Waals surface area (Å²) in [6.45, 7) is 0.535. The summed E-state index contributed by atoms with van der Waals surface area (Å²) in [4.78, 5) is 24.4. The van der Waals surface area contributed by atoms with Gasteiger partial charge in [0.05, 0.1) is 17.4 Å². The van der Waals surface area contributed by atoms with Crippen LogP contribution in [-0.4, -0.2) is 40.6 Å². The van der Waals surface area contributed by atoms with Crippen molar-refractivity contribution in [3.63, 3.8) is 0 Å². The van der Waals surface area contributed by atoms with Gasteiger partial charge < -0.3 is 25.1 Å². The predicted molar refractivity (Wildman–Crippen MR) is 119 cm³/mol. The van der Waals surface area contributed by atoms with E-state index >= 15 is 0 Å². The van der Waals surface area contributed by atoms with Crippen LogP contribution in [0.4, 0.5) is 30.6 Å². The van der Waals surface area contributed by atoms with Gasteiger partial charge in [0, 0.05) is 30.8 Å². The number of benzene rings is 1. The van der Waals surface area contributed by atoms with Crippen LogP contribution in [0, 0.1) is 6.92 Å². The highest BCUT2D eigenvalue weighted by Gasteiger charge is 2.26. The highest BCUT2D eigenvalue weighted by molar-refractivity contribution is 6.07. The molecule has 0 aliphatic carbocycles. The number of nitrogens with one attached hydrogen (secondary N) is 3. The van der Waals surface area contributed by atoms with Crippen LogP contribution < -0.4 is 20.7 Å². The van der Waals surface area contributed by atoms with E-state index in [4.69, 9.17) is 9.15 Å². The van der Waals surface area contributed by atoms with Crippen molar-refractivity contribution in [2.45, 2.75) is 13.1 Å². The predicted octanol–water partition coefficient (Wildman–Crippen LogP) is 4.80. The second kappa shape index (κ2) is 9.25. The van der Waals surface area contributed by atoms with Crippen LogP contribution >= 0.6 is 0 Å². The molecule has 3 N–H and O–H groups in total. The Morgan fingerprint density at radius 1 is 1.15 bits per heavy atom. The number of amides is 1. The van der Waals surface area contributed by atoms with Crippen LogP contribution in [0.2, 0.25) is 0 Å². The SMILES string of the molecule is CNC(=O)c1c(C)oc2cc(Oc3ccnc(Nc4ccc(NCC(F)(F)F)nc4)n3)ccc12. The molecule has 0 aliphatic heterocycles. The third-order valence-electron chi connectivity index (χ3n) is 4.63. The van der Waals surface area contributed by atoms with Gasteiger partial charge in [-0.2, -0.15) is 18.2 Å². The quantitative estimate of drug-likeness (QED) is 0.352. The summed E-state index contributed by atoms with van der Waals surface area (Å²) in [5, 5.41) is 8.36. The molecule has 176 valence electrons. The molecule has 12 heteroatoms. The third kappa shape index (κ3) is 5.34. The number of fused-ring (bicyclic) bond motifs is 1. The van der Waals surface area contributed by atoms with Crippen molar-refractivity contribution in [2.75, 3.05) is 24.2 Å². The number of nitrogens with zero attached hydrogens (tertiary/aromatic N) is 3. The summed E-state index contributed by atoms with van der Waals surface area (Å²) in [6.07, 6.45) is -1.50. The molecule has 0 bridgehead atoms. The summed E-state index contributed by atoms with van der Waals surface area (Å²) in [5.41, 5.74) is 1.43. The summed E-state index contributed by atoms with van der Waals surface area (Å²) in [5.74, 6) is 1.22. The van der Waals surface area contributed by atoms with E-state index < -0.39 is 12.7 Å². The number of furan rings is 1. The van der Waals surface area contributed by atoms with E-state index in [1.54, 1.807) is 44.3 Å². The van der Waals surface area contributed by atoms with E-state index in [1.165, 1.54) is 18.5 Å². The molecular formula is C22H19F3N6O3. The Hall–Kier alpha value is -4.35.